The molecule has 7 nitrogen and oxygen atoms in total. The van der Waals surface area contributed by atoms with Crippen LogP contribution in [0.25, 0.3) is 0 Å². The van der Waals surface area contributed by atoms with Gasteiger partial charge in [-0.1, -0.05) is 24.3 Å². The fourth-order valence-electron chi connectivity index (χ4n) is 3.15. The van der Waals surface area contributed by atoms with Crippen LogP contribution < -0.4 is 0 Å². The normalized spacial score (nSPS) is 19.5. The fourth-order valence-corrected chi connectivity index (χ4v) is 3.15. The van der Waals surface area contributed by atoms with Crippen molar-refractivity contribution in [2.24, 2.45) is 0 Å². The zero-order valence-corrected chi connectivity index (χ0v) is 13.2. The molecule has 2 amide bonds. The number of aliphatic carboxylic acids is 2. The lowest BCUT2D eigenvalue weighted by Gasteiger charge is -2.38. The van der Waals surface area contributed by atoms with E-state index in [0.29, 0.717) is 0 Å². The number of fused-ring (bicyclic) bond motifs is 1. The van der Waals surface area contributed by atoms with Crippen LogP contribution in [0.5, 0.6) is 0 Å². The van der Waals surface area contributed by atoms with Gasteiger partial charge >= 0.3 is 18.0 Å². The van der Waals surface area contributed by atoms with Gasteiger partial charge < -0.3 is 20.0 Å². The summed E-state index contributed by atoms with van der Waals surface area (Å²) >= 11 is 0. The minimum Gasteiger partial charge on any atom is -0.481 e. The van der Waals surface area contributed by atoms with Crippen molar-refractivity contribution in [2.75, 3.05) is 6.54 Å². The van der Waals surface area contributed by atoms with Crippen LogP contribution in [0.3, 0.4) is 0 Å². The molecule has 0 aromatic heterocycles. The Kier molecular flexibility index (Phi) is 4.42. The van der Waals surface area contributed by atoms with Crippen LogP contribution >= 0.6 is 0 Å². The number of hydrogen-bond donors (Lipinski definition) is 2. The number of carboxylic acid groups (broad SMARTS) is 2. The molecule has 0 spiro atoms. The molecule has 128 valence electrons. The quantitative estimate of drug-likeness (QED) is 0.852. The Morgan fingerprint density at radius 3 is 2.38 bits per heavy atom. The Morgan fingerprint density at radius 2 is 1.79 bits per heavy atom. The first-order chi connectivity index (χ1) is 11.5. The van der Waals surface area contributed by atoms with Crippen LogP contribution in [-0.2, 0) is 22.6 Å². The smallest absolute Gasteiger partial charge is 0.326 e. The molecule has 3 rings (SSSR count). The van der Waals surface area contributed by atoms with E-state index in [2.05, 4.69) is 0 Å². The molecular formula is C17H20N2O5. The number of amides is 2. The first-order valence-electron chi connectivity index (χ1n) is 8.06. The fraction of sp³-hybridized carbons (Fsp3) is 0.471. The predicted molar refractivity (Wildman–Crippen MR) is 84.5 cm³/mol. The molecule has 2 N–H and O–H groups in total. The molecule has 1 aliphatic heterocycles. The second-order valence-corrected chi connectivity index (χ2v) is 6.31. The number of hydrogen-bond acceptors (Lipinski definition) is 3. The third-order valence-electron chi connectivity index (χ3n) is 4.58. The van der Waals surface area contributed by atoms with E-state index in [1.165, 1.54) is 9.80 Å². The van der Waals surface area contributed by atoms with Gasteiger partial charge in [0.1, 0.15) is 6.04 Å². The molecule has 0 bridgehead atoms. The summed E-state index contributed by atoms with van der Waals surface area (Å²) < 4.78 is 0. The maximum Gasteiger partial charge on any atom is 0.326 e. The van der Waals surface area contributed by atoms with Crippen LogP contribution in [-0.4, -0.2) is 56.6 Å². The number of carbonyl (C=O) groups excluding carboxylic acids is 1. The second kappa shape index (κ2) is 6.51. The van der Waals surface area contributed by atoms with E-state index >= 15 is 0 Å². The lowest BCUT2D eigenvalue weighted by molar-refractivity contribution is -0.143. The van der Waals surface area contributed by atoms with Crippen LogP contribution in [0.4, 0.5) is 4.79 Å². The van der Waals surface area contributed by atoms with Crippen LogP contribution in [0.15, 0.2) is 24.3 Å². The Bertz CT molecular complexity index is 671. The van der Waals surface area contributed by atoms with E-state index < -0.39 is 18.0 Å². The Balaban J connectivity index is 1.83. The monoisotopic (exact) mass is 332 g/mol. The summed E-state index contributed by atoms with van der Waals surface area (Å²) in [6.45, 7) is 0.353. The molecule has 2 aliphatic rings. The van der Waals surface area contributed by atoms with Crippen molar-refractivity contribution in [1.82, 2.24) is 9.80 Å². The first-order valence-corrected chi connectivity index (χ1v) is 8.06. The molecule has 0 saturated heterocycles. The Labute approximate surface area is 139 Å². The Hall–Kier alpha value is -2.57. The van der Waals surface area contributed by atoms with Crippen molar-refractivity contribution in [3.8, 4) is 0 Å². The molecule has 1 aliphatic carbocycles. The molecule has 1 heterocycles. The highest BCUT2D eigenvalue weighted by molar-refractivity contribution is 5.84. The maximum atomic E-state index is 12.9. The highest BCUT2D eigenvalue weighted by Gasteiger charge is 2.40. The average molecular weight is 332 g/mol. The molecule has 1 saturated carbocycles. The summed E-state index contributed by atoms with van der Waals surface area (Å²) in [4.78, 5) is 38.3. The number of carbonyl (C=O) groups is 3. The van der Waals surface area contributed by atoms with Crippen molar-refractivity contribution < 1.29 is 24.6 Å². The van der Waals surface area contributed by atoms with Crippen molar-refractivity contribution >= 4 is 18.0 Å². The van der Waals surface area contributed by atoms with Crippen LogP contribution in [0.1, 0.15) is 30.4 Å². The maximum absolute atomic E-state index is 12.9. The van der Waals surface area contributed by atoms with Crippen molar-refractivity contribution in [1.29, 1.82) is 0 Å². The van der Waals surface area contributed by atoms with Crippen molar-refractivity contribution in [3.63, 3.8) is 0 Å². The molecule has 0 unspecified atom stereocenters. The third kappa shape index (κ3) is 3.34. The molecule has 1 aromatic carbocycles. The number of carboxylic acids is 2. The van der Waals surface area contributed by atoms with E-state index in [4.69, 9.17) is 5.11 Å². The van der Waals surface area contributed by atoms with Gasteiger partial charge in [0.25, 0.3) is 0 Å². The second-order valence-electron chi connectivity index (χ2n) is 6.31. The van der Waals surface area contributed by atoms with Gasteiger partial charge in [0.2, 0.25) is 0 Å². The van der Waals surface area contributed by atoms with Gasteiger partial charge in [0.15, 0.2) is 0 Å². The van der Waals surface area contributed by atoms with Gasteiger partial charge in [-0.2, -0.15) is 0 Å². The van der Waals surface area contributed by atoms with Gasteiger partial charge in [0.05, 0.1) is 6.42 Å². The molecule has 7 heteroatoms. The van der Waals surface area contributed by atoms with Crippen LogP contribution in [0, 0.1) is 0 Å². The average Bonchev–Trinajstić information content (AvgIpc) is 3.38. The first kappa shape index (κ1) is 16.3. The molecule has 1 atom stereocenters. The molecule has 0 radical (unpaired) electrons. The zero-order valence-electron chi connectivity index (χ0n) is 13.2. The van der Waals surface area contributed by atoms with Gasteiger partial charge in [-0.05, 0) is 24.0 Å². The largest absolute Gasteiger partial charge is 0.481 e. The molecule has 24 heavy (non-hydrogen) atoms. The lowest BCUT2D eigenvalue weighted by atomic mass is 9.94. The standard InChI is InChI=1S/C17H20N2O5/c20-15(21)7-8-18(13-5-6-13)17(24)19-10-12-4-2-1-3-11(12)9-14(19)16(22)23/h1-4,13-14H,5-10H2,(H,20,21)(H,22,23)/t14-/m0/s1. The number of nitrogens with zero attached hydrogens (tertiary/aromatic N) is 2. The minimum absolute atomic E-state index is 0.0310. The predicted octanol–water partition coefficient (Wildman–Crippen LogP) is 1.56. The van der Waals surface area contributed by atoms with E-state index in [0.717, 1.165) is 24.0 Å². The van der Waals surface area contributed by atoms with E-state index in [1.54, 1.807) is 0 Å². The van der Waals surface area contributed by atoms with Crippen molar-refractivity contribution in [2.45, 2.75) is 44.3 Å². The SMILES string of the molecule is O=C(O)CCN(C(=O)N1Cc2ccccc2C[C@H]1C(=O)O)C1CC1. The summed E-state index contributed by atoms with van der Waals surface area (Å²) in [5.41, 5.74) is 1.88. The van der Waals surface area contributed by atoms with Gasteiger partial charge in [-0.25, -0.2) is 9.59 Å². The van der Waals surface area contributed by atoms with Crippen LogP contribution in [0.2, 0.25) is 0 Å². The molecule has 1 fully saturated rings. The number of benzene rings is 1. The van der Waals surface area contributed by atoms with E-state index in [9.17, 15) is 19.5 Å². The molecular weight excluding hydrogens is 312 g/mol. The van der Waals surface area contributed by atoms with E-state index in [-0.39, 0.29) is 38.0 Å². The summed E-state index contributed by atoms with van der Waals surface area (Å²) in [6.07, 6.45) is 1.82. The summed E-state index contributed by atoms with van der Waals surface area (Å²) in [5, 5.41) is 18.4. The zero-order chi connectivity index (χ0) is 17.3. The molecule has 1 aromatic rings. The summed E-state index contributed by atoms with van der Waals surface area (Å²) in [5.74, 6) is -2.00. The minimum atomic E-state index is -1.04. The third-order valence-corrected chi connectivity index (χ3v) is 4.58. The topological polar surface area (TPSA) is 98.2 Å². The van der Waals surface area contributed by atoms with Gasteiger partial charge in [0, 0.05) is 25.6 Å². The number of rotatable bonds is 5. The highest BCUT2D eigenvalue weighted by Crippen LogP contribution is 2.31. The summed E-state index contributed by atoms with van der Waals surface area (Å²) in [6, 6.07) is 6.25. The number of urea groups is 1. The Morgan fingerprint density at radius 1 is 1.12 bits per heavy atom. The van der Waals surface area contributed by atoms with E-state index in [1.807, 2.05) is 24.3 Å². The lowest BCUT2D eigenvalue weighted by Crippen LogP contribution is -2.54. The van der Waals surface area contributed by atoms with Gasteiger partial charge in [-0.15, -0.1) is 0 Å². The van der Waals surface area contributed by atoms with Crippen molar-refractivity contribution in [3.05, 3.63) is 35.4 Å². The van der Waals surface area contributed by atoms with Gasteiger partial charge in [-0.3, -0.25) is 4.79 Å². The summed E-state index contributed by atoms with van der Waals surface area (Å²) in [7, 11) is 0. The highest BCUT2D eigenvalue weighted by atomic mass is 16.4.